The minimum atomic E-state index is 0.262. The maximum Gasteiger partial charge on any atom is 0.165 e. The van der Waals surface area contributed by atoms with E-state index >= 15 is 0 Å². The molecule has 0 atom stereocenters. The summed E-state index contributed by atoms with van der Waals surface area (Å²) in [5, 5.41) is 20.8. The van der Waals surface area contributed by atoms with Gasteiger partial charge < -0.3 is 5.32 Å². The second-order valence-electron chi connectivity index (χ2n) is 5.50. The second kappa shape index (κ2) is 9.57. The lowest BCUT2D eigenvalue weighted by molar-refractivity contribution is 0.777. The van der Waals surface area contributed by atoms with Crippen LogP contribution in [0.25, 0.3) is 11.4 Å². The number of rotatable bonds is 7. The molecule has 2 rings (SSSR count). The Kier molecular flexibility index (Phi) is 7.11. The standard InChI is InChI=1S/C16H21N7S/c1-12(2)14-9-20-21-11-19-15(13-8-22-24-10-13)23-16(14)18-7-5-3-4-6-17/h8-12,20H,3-5,7H2,1-2H3,(H,18,19,21,23). The van der Waals surface area contributed by atoms with E-state index in [2.05, 4.69) is 44.8 Å². The van der Waals surface area contributed by atoms with E-state index in [1.165, 1.54) is 17.9 Å². The first-order chi connectivity index (χ1) is 11.7. The summed E-state index contributed by atoms with van der Waals surface area (Å²) in [6, 6.07) is 2.16. The van der Waals surface area contributed by atoms with Crippen molar-refractivity contribution in [1.82, 2.24) is 24.5 Å². The number of hydrogen-bond donors (Lipinski definition) is 2. The molecule has 0 unspecified atom stereocenters. The minimum absolute atomic E-state index is 0.262. The predicted octanol–water partition coefficient (Wildman–Crippen LogP) is 3.68. The molecule has 0 aliphatic heterocycles. The number of anilines is 1. The molecule has 0 aliphatic carbocycles. The van der Waals surface area contributed by atoms with E-state index in [-0.39, 0.29) is 5.92 Å². The lowest BCUT2D eigenvalue weighted by Crippen LogP contribution is -2.07. The molecule has 0 radical (unpaired) electrons. The molecule has 0 saturated carbocycles. The molecule has 2 aromatic rings. The van der Waals surface area contributed by atoms with Gasteiger partial charge in [-0.2, -0.15) is 10.4 Å². The number of aromatic amines is 1. The van der Waals surface area contributed by atoms with E-state index in [4.69, 9.17) is 10.2 Å². The Hall–Kier alpha value is -2.53. The highest BCUT2D eigenvalue weighted by Gasteiger charge is 2.09. The van der Waals surface area contributed by atoms with Crippen LogP contribution in [0.15, 0.2) is 24.1 Å². The van der Waals surface area contributed by atoms with E-state index < -0.39 is 0 Å². The van der Waals surface area contributed by atoms with Gasteiger partial charge in [0.15, 0.2) is 5.82 Å². The first-order valence-electron chi connectivity index (χ1n) is 7.87. The summed E-state index contributed by atoms with van der Waals surface area (Å²) >= 11 is 1.36. The number of hydrogen-bond acceptors (Lipinski definition) is 7. The van der Waals surface area contributed by atoms with E-state index in [0.29, 0.717) is 12.2 Å². The number of nitrogens with one attached hydrogen (secondary N) is 2. The number of aromatic nitrogens is 5. The number of nitrogens with zero attached hydrogens (tertiary/aromatic N) is 5. The van der Waals surface area contributed by atoms with Gasteiger partial charge in [0, 0.05) is 30.1 Å². The van der Waals surface area contributed by atoms with Crippen LogP contribution in [-0.4, -0.2) is 31.1 Å². The van der Waals surface area contributed by atoms with Crippen molar-refractivity contribution >= 4 is 17.4 Å². The third-order valence-corrected chi connectivity index (χ3v) is 3.93. The first-order valence-corrected chi connectivity index (χ1v) is 8.70. The van der Waals surface area contributed by atoms with Gasteiger partial charge in [0.05, 0.1) is 17.8 Å². The molecule has 2 aromatic heterocycles. The van der Waals surface area contributed by atoms with Gasteiger partial charge in [-0.15, -0.1) is 0 Å². The van der Waals surface area contributed by atoms with Gasteiger partial charge in [-0.05, 0) is 30.3 Å². The van der Waals surface area contributed by atoms with Crippen molar-refractivity contribution in [2.45, 2.75) is 39.0 Å². The molecule has 126 valence electrons. The fraction of sp³-hybridized carbons (Fsp3) is 0.438. The zero-order valence-electron chi connectivity index (χ0n) is 13.9. The predicted molar refractivity (Wildman–Crippen MR) is 95.0 cm³/mol. The van der Waals surface area contributed by atoms with E-state index in [1.54, 1.807) is 6.20 Å². The Labute approximate surface area is 145 Å². The zero-order chi connectivity index (χ0) is 17.2. The summed E-state index contributed by atoms with van der Waals surface area (Å²) in [4.78, 5) is 9.03. The van der Waals surface area contributed by atoms with E-state index in [1.807, 2.05) is 11.6 Å². The minimum Gasteiger partial charge on any atom is -0.370 e. The lowest BCUT2D eigenvalue weighted by atomic mass is 10.1. The smallest absolute Gasteiger partial charge is 0.165 e. The van der Waals surface area contributed by atoms with Crippen LogP contribution in [0.5, 0.6) is 0 Å². The molecule has 0 aliphatic rings. The van der Waals surface area contributed by atoms with Crippen molar-refractivity contribution in [1.29, 1.82) is 5.26 Å². The quantitative estimate of drug-likeness (QED) is 0.743. The number of unbranched alkanes of at least 4 members (excludes halogenated alkanes) is 2. The van der Waals surface area contributed by atoms with Crippen molar-refractivity contribution in [3.63, 3.8) is 0 Å². The Morgan fingerprint density at radius 1 is 1.38 bits per heavy atom. The Morgan fingerprint density at radius 2 is 2.25 bits per heavy atom. The SMILES string of the molecule is CC(C)c1c[nH]ncnc(-c2cnsc2)nc1NCCCCC#N. The van der Waals surface area contributed by atoms with Crippen LogP contribution in [0.3, 0.4) is 0 Å². The van der Waals surface area contributed by atoms with Crippen molar-refractivity contribution in [2.24, 2.45) is 0 Å². The van der Waals surface area contributed by atoms with Crippen LogP contribution in [-0.2, 0) is 0 Å². The van der Waals surface area contributed by atoms with Gasteiger partial charge in [0.2, 0.25) is 0 Å². The van der Waals surface area contributed by atoms with Crippen LogP contribution in [0.2, 0.25) is 0 Å². The Bertz CT molecular complexity index is 714. The summed E-state index contributed by atoms with van der Waals surface area (Å²) in [7, 11) is 0. The molecule has 8 heteroatoms. The highest BCUT2D eigenvalue weighted by atomic mass is 32.1. The molecule has 2 N–H and O–H groups in total. The molecule has 0 saturated heterocycles. The molecule has 0 aromatic carbocycles. The molecular weight excluding hydrogens is 322 g/mol. The first kappa shape index (κ1) is 17.8. The van der Waals surface area contributed by atoms with Crippen LogP contribution in [0.4, 0.5) is 5.82 Å². The Balaban J connectivity index is 2.37. The van der Waals surface area contributed by atoms with Crippen LogP contribution >= 0.6 is 11.5 Å². The molecule has 0 fully saturated rings. The highest BCUT2D eigenvalue weighted by molar-refractivity contribution is 7.03. The maximum atomic E-state index is 8.62. The van der Waals surface area contributed by atoms with Crippen LogP contribution in [0.1, 0.15) is 44.6 Å². The highest BCUT2D eigenvalue weighted by Crippen LogP contribution is 2.22. The molecule has 0 amide bonds. The van der Waals surface area contributed by atoms with Crippen molar-refractivity contribution in [2.75, 3.05) is 11.9 Å². The monoisotopic (exact) mass is 343 g/mol. The summed E-state index contributed by atoms with van der Waals surface area (Å²) < 4.78 is 4.12. The maximum absolute atomic E-state index is 8.62. The van der Waals surface area contributed by atoms with Gasteiger partial charge in [0.25, 0.3) is 0 Å². The molecule has 0 bridgehead atoms. The Morgan fingerprint density at radius 3 is 2.96 bits per heavy atom. The van der Waals surface area contributed by atoms with Gasteiger partial charge >= 0.3 is 0 Å². The van der Waals surface area contributed by atoms with Crippen LogP contribution < -0.4 is 5.32 Å². The van der Waals surface area contributed by atoms with Gasteiger partial charge in [-0.1, -0.05) is 13.8 Å². The number of nitriles is 1. The zero-order valence-corrected chi connectivity index (χ0v) is 14.7. The summed E-state index contributed by atoms with van der Waals surface area (Å²) in [5.74, 6) is 1.60. The normalized spacial score (nSPS) is 10.2. The fourth-order valence-electron chi connectivity index (χ4n) is 2.06. The van der Waals surface area contributed by atoms with Gasteiger partial charge in [-0.3, -0.25) is 5.10 Å². The summed E-state index contributed by atoms with van der Waals surface area (Å²) in [5.41, 5.74) is 1.88. The van der Waals surface area contributed by atoms with E-state index in [0.717, 1.165) is 36.3 Å². The lowest BCUT2D eigenvalue weighted by Gasteiger charge is -2.11. The summed E-state index contributed by atoms with van der Waals surface area (Å²) in [6.45, 7) is 4.95. The van der Waals surface area contributed by atoms with Crippen LogP contribution in [0, 0.1) is 11.3 Å². The topological polar surface area (TPSA) is 103 Å². The third-order valence-electron chi connectivity index (χ3n) is 3.34. The van der Waals surface area contributed by atoms with Crippen molar-refractivity contribution < 1.29 is 0 Å². The average molecular weight is 343 g/mol. The third kappa shape index (κ3) is 5.28. The molecule has 0 spiro atoms. The second-order valence-corrected chi connectivity index (χ2v) is 6.15. The molecule has 2 heterocycles. The fourth-order valence-corrected chi connectivity index (χ4v) is 2.58. The average Bonchev–Trinajstić information content (AvgIpc) is 3.11. The largest absolute Gasteiger partial charge is 0.370 e. The van der Waals surface area contributed by atoms with Crippen molar-refractivity contribution in [3.8, 4) is 17.5 Å². The molecule has 7 nitrogen and oxygen atoms in total. The van der Waals surface area contributed by atoms with E-state index in [9.17, 15) is 0 Å². The molecule has 24 heavy (non-hydrogen) atoms. The van der Waals surface area contributed by atoms with Gasteiger partial charge in [0.1, 0.15) is 12.1 Å². The van der Waals surface area contributed by atoms with Gasteiger partial charge in [-0.25, -0.2) is 14.3 Å². The number of H-pyrrole nitrogens is 1. The summed E-state index contributed by atoms with van der Waals surface area (Å²) in [6.07, 6.45) is 7.38. The molecular formula is C16H21N7S. The van der Waals surface area contributed by atoms with Crippen molar-refractivity contribution in [3.05, 3.63) is 29.7 Å².